The molecule has 0 saturated carbocycles. The molecule has 0 aliphatic carbocycles. The van der Waals surface area contributed by atoms with Crippen LogP contribution in [-0.4, -0.2) is 74.3 Å². The quantitative estimate of drug-likeness (QED) is 0.801. The number of likely N-dealkylation sites (N-methyl/N-ethyl adjacent to an activating group) is 1. The van der Waals surface area contributed by atoms with Crippen molar-refractivity contribution in [1.29, 1.82) is 0 Å². The van der Waals surface area contributed by atoms with Crippen molar-refractivity contribution >= 4 is 17.5 Å². The zero-order chi connectivity index (χ0) is 16.9. The Morgan fingerprint density at radius 2 is 2.08 bits per heavy atom. The highest BCUT2D eigenvalue weighted by molar-refractivity contribution is 5.82. The Bertz CT molecular complexity index is 562. The number of hydrogen-bond acceptors (Lipinski definition) is 6. The number of carbonyl (C=O) groups is 1. The zero-order valence-electron chi connectivity index (χ0n) is 14.6. The molecule has 2 fully saturated rings. The van der Waals surface area contributed by atoms with Gasteiger partial charge >= 0.3 is 0 Å². The third kappa shape index (κ3) is 4.14. The molecule has 0 N–H and O–H groups in total. The highest BCUT2D eigenvalue weighted by Crippen LogP contribution is 2.22. The van der Waals surface area contributed by atoms with E-state index in [2.05, 4.69) is 21.9 Å². The highest BCUT2D eigenvalue weighted by atomic mass is 16.5. The standard InChI is InChI=1S/C17H27N5O2/c1-20(6-3-14-4-9-24-10-5-14)15-11-16(19-13-18-15)22-8-7-21(2)17(23)12-22/h11,13-14H,3-10,12H2,1-2H3. The van der Waals surface area contributed by atoms with Gasteiger partial charge in [0.05, 0.1) is 6.54 Å². The number of anilines is 2. The van der Waals surface area contributed by atoms with E-state index in [4.69, 9.17) is 4.74 Å². The monoisotopic (exact) mass is 333 g/mol. The lowest BCUT2D eigenvalue weighted by Crippen LogP contribution is -2.48. The molecule has 24 heavy (non-hydrogen) atoms. The Morgan fingerprint density at radius 1 is 1.29 bits per heavy atom. The Balaban J connectivity index is 1.58. The summed E-state index contributed by atoms with van der Waals surface area (Å²) >= 11 is 0. The summed E-state index contributed by atoms with van der Waals surface area (Å²) in [6.45, 7) is 4.69. The molecule has 7 heteroatoms. The molecule has 3 rings (SSSR count). The van der Waals surface area contributed by atoms with Gasteiger partial charge in [-0.25, -0.2) is 9.97 Å². The molecular formula is C17H27N5O2. The third-order valence-corrected chi connectivity index (χ3v) is 5.02. The molecular weight excluding hydrogens is 306 g/mol. The average Bonchev–Trinajstić information content (AvgIpc) is 2.63. The van der Waals surface area contributed by atoms with Gasteiger partial charge in [-0.2, -0.15) is 0 Å². The van der Waals surface area contributed by atoms with Crippen molar-refractivity contribution in [3.8, 4) is 0 Å². The second kappa shape index (κ2) is 7.79. The number of hydrogen-bond donors (Lipinski definition) is 0. The second-order valence-corrected chi connectivity index (χ2v) is 6.74. The van der Waals surface area contributed by atoms with Crippen molar-refractivity contribution in [3.63, 3.8) is 0 Å². The minimum Gasteiger partial charge on any atom is -0.381 e. The van der Waals surface area contributed by atoms with Crippen molar-refractivity contribution < 1.29 is 9.53 Å². The van der Waals surface area contributed by atoms with E-state index in [9.17, 15) is 4.79 Å². The van der Waals surface area contributed by atoms with Crippen LogP contribution in [0.1, 0.15) is 19.3 Å². The van der Waals surface area contributed by atoms with E-state index < -0.39 is 0 Å². The summed E-state index contributed by atoms with van der Waals surface area (Å²) in [4.78, 5) is 26.6. The number of aromatic nitrogens is 2. The number of rotatable bonds is 5. The highest BCUT2D eigenvalue weighted by Gasteiger charge is 2.22. The first-order valence-electron chi connectivity index (χ1n) is 8.73. The molecule has 0 spiro atoms. The molecule has 0 atom stereocenters. The van der Waals surface area contributed by atoms with Gasteiger partial charge in [-0.1, -0.05) is 0 Å². The van der Waals surface area contributed by atoms with Gasteiger partial charge in [0.2, 0.25) is 5.91 Å². The van der Waals surface area contributed by atoms with E-state index in [1.54, 1.807) is 11.2 Å². The van der Waals surface area contributed by atoms with Gasteiger partial charge in [0.1, 0.15) is 18.0 Å². The molecule has 1 aromatic heterocycles. The summed E-state index contributed by atoms with van der Waals surface area (Å²) in [5.41, 5.74) is 0. The zero-order valence-corrected chi connectivity index (χ0v) is 14.6. The fourth-order valence-electron chi connectivity index (χ4n) is 3.20. The van der Waals surface area contributed by atoms with Crippen LogP contribution in [0.4, 0.5) is 11.6 Å². The summed E-state index contributed by atoms with van der Waals surface area (Å²) < 4.78 is 5.42. The minimum atomic E-state index is 0.134. The summed E-state index contributed by atoms with van der Waals surface area (Å²) in [6, 6.07) is 1.99. The van der Waals surface area contributed by atoms with E-state index in [-0.39, 0.29) is 5.91 Å². The van der Waals surface area contributed by atoms with E-state index in [0.29, 0.717) is 6.54 Å². The van der Waals surface area contributed by atoms with Crippen molar-refractivity contribution in [2.75, 3.05) is 63.3 Å². The maximum absolute atomic E-state index is 11.9. The lowest BCUT2D eigenvalue weighted by Gasteiger charge is -2.33. The molecule has 2 aliphatic heterocycles. The van der Waals surface area contributed by atoms with Crippen molar-refractivity contribution in [1.82, 2.24) is 14.9 Å². The minimum absolute atomic E-state index is 0.134. The van der Waals surface area contributed by atoms with Gasteiger partial charge in [-0.05, 0) is 25.2 Å². The molecule has 3 heterocycles. The van der Waals surface area contributed by atoms with Crippen LogP contribution >= 0.6 is 0 Å². The smallest absolute Gasteiger partial charge is 0.241 e. The number of piperazine rings is 1. The van der Waals surface area contributed by atoms with Crippen LogP contribution in [-0.2, 0) is 9.53 Å². The first-order chi connectivity index (χ1) is 11.6. The summed E-state index contributed by atoms with van der Waals surface area (Å²) in [5, 5.41) is 0. The number of nitrogens with zero attached hydrogens (tertiary/aromatic N) is 5. The van der Waals surface area contributed by atoms with Gasteiger partial charge < -0.3 is 19.4 Å². The van der Waals surface area contributed by atoms with E-state index >= 15 is 0 Å². The van der Waals surface area contributed by atoms with Gasteiger partial charge in [0.15, 0.2) is 0 Å². The summed E-state index contributed by atoms with van der Waals surface area (Å²) in [7, 11) is 3.91. The normalized spacial score (nSPS) is 19.7. The van der Waals surface area contributed by atoms with E-state index in [1.165, 1.54) is 0 Å². The van der Waals surface area contributed by atoms with Gasteiger partial charge in [-0.15, -0.1) is 0 Å². The first-order valence-corrected chi connectivity index (χ1v) is 8.73. The third-order valence-electron chi connectivity index (χ3n) is 5.02. The van der Waals surface area contributed by atoms with Gasteiger partial charge in [0.25, 0.3) is 0 Å². The molecule has 2 aliphatic rings. The molecule has 1 amide bonds. The Labute approximate surface area is 143 Å². The fraction of sp³-hybridized carbons (Fsp3) is 0.706. The van der Waals surface area contributed by atoms with Crippen LogP contribution < -0.4 is 9.80 Å². The van der Waals surface area contributed by atoms with Crippen molar-refractivity contribution in [3.05, 3.63) is 12.4 Å². The average molecular weight is 333 g/mol. The lowest BCUT2D eigenvalue weighted by molar-refractivity contribution is -0.129. The predicted octanol–water partition coefficient (Wildman–Crippen LogP) is 1.01. The largest absolute Gasteiger partial charge is 0.381 e. The van der Waals surface area contributed by atoms with Crippen LogP contribution in [0.5, 0.6) is 0 Å². The molecule has 2 saturated heterocycles. The number of amides is 1. The Kier molecular flexibility index (Phi) is 5.50. The summed E-state index contributed by atoms with van der Waals surface area (Å²) in [6.07, 6.45) is 5.07. The first kappa shape index (κ1) is 17.0. The molecule has 7 nitrogen and oxygen atoms in total. The predicted molar refractivity (Wildman–Crippen MR) is 93.3 cm³/mol. The topological polar surface area (TPSA) is 61.8 Å². The van der Waals surface area contributed by atoms with E-state index in [1.807, 2.05) is 18.0 Å². The van der Waals surface area contributed by atoms with Crippen molar-refractivity contribution in [2.45, 2.75) is 19.3 Å². The molecule has 0 bridgehead atoms. The van der Waals surface area contributed by atoms with Crippen molar-refractivity contribution in [2.24, 2.45) is 5.92 Å². The number of ether oxygens (including phenoxy) is 1. The fourth-order valence-corrected chi connectivity index (χ4v) is 3.20. The van der Waals surface area contributed by atoms with E-state index in [0.717, 1.165) is 69.7 Å². The SMILES string of the molecule is CN1CCN(c2cc(N(C)CCC3CCOCC3)ncn2)CC1=O. The van der Waals surface area contributed by atoms with Crippen LogP contribution in [0.15, 0.2) is 12.4 Å². The Hall–Kier alpha value is -1.89. The van der Waals surface area contributed by atoms with Gasteiger partial charge in [-0.3, -0.25) is 4.79 Å². The van der Waals surface area contributed by atoms with Crippen LogP contribution in [0.2, 0.25) is 0 Å². The summed E-state index contributed by atoms with van der Waals surface area (Å²) in [5.74, 6) is 2.63. The lowest BCUT2D eigenvalue weighted by atomic mass is 9.96. The van der Waals surface area contributed by atoms with Crippen LogP contribution in [0, 0.1) is 5.92 Å². The maximum atomic E-state index is 11.9. The van der Waals surface area contributed by atoms with Crippen LogP contribution in [0.25, 0.3) is 0 Å². The van der Waals surface area contributed by atoms with Crippen LogP contribution in [0.3, 0.4) is 0 Å². The molecule has 1 aromatic rings. The molecule has 0 unspecified atom stereocenters. The molecule has 132 valence electrons. The van der Waals surface area contributed by atoms with Gasteiger partial charge in [0, 0.05) is 53.0 Å². The maximum Gasteiger partial charge on any atom is 0.241 e. The molecule has 0 aromatic carbocycles. The molecule has 0 radical (unpaired) electrons. The number of carbonyl (C=O) groups excluding carboxylic acids is 1. The second-order valence-electron chi connectivity index (χ2n) is 6.74. The Morgan fingerprint density at radius 3 is 2.83 bits per heavy atom.